The summed E-state index contributed by atoms with van der Waals surface area (Å²) in [5.74, 6) is 0. The Morgan fingerprint density at radius 2 is 0.957 bits per heavy atom. The molecule has 0 bridgehead atoms. The van der Waals surface area contributed by atoms with Gasteiger partial charge in [0.25, 0.3) is 0 Å². The predicted molar refractivity (Wildman–Crippen MR) is 104 cm³/mol. The molecule has 0 aliphatic rings. The molecule has 23 heavy (non-hydrogen) atoms. The van der Waals surface area contributed by atoms with Crippen LogP contribution in [-0.4, -0.2) is 42.9 Å². The van der Waals surface area contributed by atoms with Gasteiger partial charge in [0, 0.05) is 0 Å². The van der Waals surface area contributed by atoms with Crippen LogP contribution in [0, 0.1) is 0 Å². The lowest BCUT2D eigenvalue weighted by Crippen LogP contribution is -2.46. The molecule has 0 heterocycles. The van der Waals surface area contributed by atoms with Crippen molar-refractivity contribution in [3.63, 3.8) is 0 Å². The smallest absolute Gasteiger partial charge is 0.102 e. The first-order valence-electron chi connectivity index (χ1n) is 10.6. The molecule has 1 atom stereocenters. The van der Waals surface area contributed by atoms with Crippen molar-refractivity contribution in [1.82, 2.24) is 0 Å². The Bertz CT molecular complexity index is 232. The summed E-state index contributed by atoms with van der Waals surface area (Å²) in [5, 5.41) is 9.13. The van der Waals surface area contributed by atoms with Crippen molar-refractivity contribution in [3.05, 3.63) is 0 Å². The molecule has 0 amide bonds. The van der Waals surface area contributed by atoms with Gasteiger partial charge in [-0.05, 0) is 19.8 Å². The number of rotatable bonds is 18. The molecule has 0 aliphatic heterocycles. The van der Waals surface area contributed by atoms with E-state index >= 15 is 0 Å². The molecule has 0 aromatic heterocycles. The minimum Gasteiger partial charge on any atom is -0.391 e. The molecule has 0 saturated heterocycles. The van der Waals surface area contributed by atoms with Crippen LogP contribution in [0.5, 0.6) is 0 Å². The van der Waals surface area contributed by atoms with Crippen LogP contribution in [0.3, 0.4) is 0 Å². The van der Waals surface area contributed by atoms with Crippen LogP contribution in [0.1, 0.15) is 104 Å². The van der Waals surface area contributed by atoms with Crippen molar-refractivity contribution in [1.29, 1.82) is 0 Å². The van der Waals surface area contributed by atoms with Crippen LogP contribution < -0.4 is 0 Å². The fourth-order valence-electron chi connectivity index (χ4n) is 3.36. The van der Waals surface area contributed by atoms with Crippen LogP contribution in [0.25, 0.3) is 0 Å². The zero-order valence-corrected chi connectivity index (χ0v) is 16.6. The minimum atomic E-state index is 0.322. The van der Waals surface area contributed by atoms with Gasteiger partial charge in [0.2, 0.25) is 0 Å². The highest BCUT2D eigenvalue weighted by Gasteiger charge is 2.17. The predicted octanol–water partition coefficient (Wildman–Crippen LogP) is 5.93. The number of aliphatic hydroxyl groups excluding tert-OH is 1. The highest BCUT2D eigenvalue weighted by Crippen LogP contribution is 2.13. The van der Waals surface area contributed by atoms with Crippen molar-refractivity contribution in [3.8, 4) is 0 Å². The van der Waals surface area contributed by atoms with E-state index in [9.17, 15) is 0 Å². The molecule has 0 saturated carbocycles. The molecule has 1 N–H and O–H groups in total. The summed E-state index contributed by atoms with van der Waals surface area (Å²) in [6.07, 6.45) is 19.9. The van der Waals surface area contributed by atoms with E-state index in [1.54, 1.807) is 0 Å². The normalized spacial score (nSPS) is 14.1. The topological polar surface area (TPSA) is 20.2 Å². The fraction of sp³-hybridized carbons (Fsp3) is 1.00. The molecule has 1 unspecified atom stereocenters. The van der Waals surface area contributed by atoms with E-state index in [-0.39, 0.29) is 0 Å². The summed E-state index contributed by atoms with van der Waals surface area (Å²) in [6.45, 7) is 8.13. The van der Waals surface area contributed by atoms with Crippen LogP contribution in [-0.2, 0) is 0 Å². The SMILES string of the molecule is CCCCCCCCCCCCCCCC[N+](C)(CC)CCO. The highest BCUT2D eigenvalue weighted by atomic mass is 16.3. The maximum atomic E-state index is 9.13. The van der Waals surface area contributed by atoms with Crippen molar-refractivity contribution < 1.29 is 9.59 Å². The van der Waals surface area contributed by atoms with Crippen molar-refractivity contribution >= 4 is 0 Å². The summed E-state index contributed by atoms with van der Waals surface area (Å²) in [6, 6.07) is 0. The van der Waals surface area contributed by atoms with E-state index in [2.05, 4.69) is 20.9 Å². The third kappa shape index (κ3) is 15.2. The van der Waals surface area contributed by atoms with Gasteiger partial charge in [-0.3, -0.25) is 0 Å². The Morgan fingerprint density at radius 3 is 1.30 bits per heavy atom. The summed E-state index contributed by atoms with van der Waals surface area (Å²) < 4.78 is 1.04. The van der Waals surface area contributed by atoms with Gasteiger partial charge in [-0.2, -0.15) is 0 Å². The number of unbranched alkanes of at least 4 members (excludes halogenated alkanes) is 13. The molecule has 2 nitrogen and oxygen atoms in total. The second kappa shape index (κ2) is 16.8. The highest BCUT2D eigenvalue weighted by molar-refractivity contribution is 4.49. The fourth-order valence-corrected chi connectivity index (χ4v) is 3.36. The Balaban J connectivity index is 3.21. The number of likely N-dealkylation sites (N-methyl/N-ethyl adjacent to an activating group) is 1. The molecule has 0 aromatic rings. The number of hydrogen-bond donors (Lipinski definition) is 1. The Morgan fingerprint density at radius 1 is 0.565 bits per heavy atom. The third-order valence-corrected chi connectivity index (χ3v) is 5.45. The van der Waals surface area contributed by atoms with Gasteiger partial charge in [0.15, 0.2) is 0 Å². The van der Waals surface area contributed by atoms with E-state index in [0.717, 1.165) is 17.6 Å². The Hall–Kier alpha value is -0.0800. The molecule has 0 rings (SSSR count). The van der Waals surface area contributed by atoms with Crippen LogP contribution in [0.2, 0.25) is 0 Å². The van der Waals surface area contributed by atoms with Crippen molar-refractivity contribution in [2.24, 2.45) is 0 Å². The number of quaternary nitrogens is 1. The number of aliphatic hydroxyl groups is 1. The van der Waals surface area contributed by atoms with Crippen LogP contribution >= 0.6 is 0 Å². The second-order valence-corrected chi connectivity index (χ2v) is 7.70. The van der Waals surface area contributed by atoms with E-state index in [1.165, 1.54) is 96.4 Å². The second-order valence-electron chi connectivity index (χ2n) is 7.70. The van der Waals surface area contributed by atoms with E-state index < -0.39 is 0 Å². The van der Waals surface area contributed by atoms with E-state index in [1.807, 2.05) is 0 Å². The summed E-state index contributed by atoms with van der Waals surface area (Å²) in [4.78, 5) is 0. The minimum absolute atomic E-state index is 0.322. The zero-order chi connectivity index (χ0) is 17.2. The molecule has 2 heteroatoms. The summed E-state index contributed by atoms with van der Waals surface area (Å²) in [5.41, 5.74) is 0. The molecular formula is C21H46NO+. The standard InChI is InChI=1S/C21H46NO/c1-4-6-7-8-9-10-11-12-13-14-15-16-17-18-19-22(3,5-2)20-21-23/h23H,4-21H2,1-3H3/q+1. The lowest BCUT2D eigenvalue weighted by atomic mass is 10.0. The first-order valence-corrected chi connectivity index (χ1v) is 10.6. The molecule has 0 spiro atoms. The first kappa shape index (κ1) is 22.9. The van der Waals surface area contributed by atoms with Gasteiger partial charge >= 0.3 is 0 Å². The average molecular weight is 329 g/mol. The van der Waals surface area contributed by atoms with Gasteiger partial charge in [-0.25, -0.2) is 0 Å². The maximum Gasteiger partial charge on any atom is 0.102 e. The van der Waals surface area contributed by atoms with E-state index in [0.29, 0.717) is 6.61 Å². The van der Waals surface area contributed by atoms with Gasteiger partial charge in [0.05, 0.1) is 26.7 Å². The maximum absolute atomic E-state index is 9.13. The van der Waals surface area contributed by atoms with Gasteiger partial charge in [0.1, 0.15) is 6.54 Å². The van der Waals surface area contributed by atoms with Crippen LogP contribution in [0.15, 0.2) is 0 Å². The van der Waals surface area contributed by atoms with Crippen molar-refractivity contribution in [2.45, 2.75) is 104 Å². The van der Waals surface area contributed by atoms with Crippen LogP contribution in [0.4, 0.5) is 0 Å². The largest absolute Gasteiger partial charge is 0.391 e. The summed E-state index contributed by atoms with van der Waals surface area (Å²) in [7, 11) is 2.28. The Kier molecular flexibility index (Phi) is 16.7. The number of nitrogens with zero attached hydrogens (tertiary/aromatic N) is 1. The van der Waals surface area contributed by atoms with Gasteiger partial charge in [-0.1, -0.05) is 84.0 Å². The molecule has 0 fully saturated rings. The molecule has 0 aliphatic carbocycles. The number of hydrogen-bond acceptors (Lipinski definition) is 1. The molecule has 0 radical (unpaired) electrons. The van der Waals surface area contributed by atoms with Gasteiger partial charge < -0.3 is 9.59 Å². The van der Waals surface area contributed by atoms with Crippen molar-refractivity contribution in [2.75, 3.05) is 33.3 Å². The molecule has 0 aromatic carbocycles. The Labute approximate surface area is 147 Å². The molecule has 140 valence electrons. The van der Waals surface area contributed by atoms with E-state index in [4.69, 9.17) is 5.11 Å². The third-order valence-electron chi connectivity index (χ3n) is 5.45. The van der Waals surface area contributed by atoms with Gasteiger partial charge in [-0.15, -0.1) is 0 Å². The monoisotopic (exact) mass is 328 g/mol. The summed E-state index contributed by atoms with van der Waals surface area (Å²) >= 11 is 0. The average Bonchev–Trinajstić information content (AvgIpc) is 2.55. The molecular weight excluding hydrogens is 282 g/mol. The lowest BCUT2D eigenvalue weighted by Gasteiger charge is -2.32. The first-order chi connectivity index (χ1) is 11.2. The zero-order valence-electron chi connectivity index (χ0n) is 16.6. The lowest BCUT2D eigenvalue weighted by molar-refractivity contribution is -0.908. The quantitative estimate of drug-likeness (QED) is 0.244.